The number of nitrogens with two attached hydrogens (primary N) is 1. The van der Waals surface area contributed by atoms with Gasteiger partial charge in [0, 0.05) is 29.5 Å². The van der Waals surface area contributed by atoms with Crippen LogP contribution in [0.1, 0.15) is 38.2 Å². The van der Waals surface area contributed by atoms with E-state index in [4.69, 9.17) is 17.3 Å². The fourth-order valence-corrected chi connectivity index (χ4v) is 3.40. The molecule has 3 rings (SSSR count). The second kappa shape index (κ2) is 8.84. The Morgan fingerprint density at radius 2 is 1.48 bits per heavy atom. The van der Waals surface area contributed by atoms with Crippen molar-refractivity contribution in [3.05, 3.63) is 59.1 Å². The summed E-state index contributed by atoms with van der Waals surface area (Å²) in [5.41, 5.74) is 8.00. The largest absolute Gasteiger partial charge is 0.324 e. The van der Waals surface area contributed by atoms with Crippen LogP contribution in [0.25, 0.3) is 0 Å². The molecule has 1 aliphatic rings. The summed E-state index contributed by atoms with van der Waals surface area (Å²) < 4.78 is 0. The van der Waals surface area contributed by atoms with Crippen LogP contribution in [-0.4, -0.2) is 35.5 Å². The Morgan fingerprint density at radius 1 is 0.966 bits per heavy atom. The van der Waals surface area contributed by atoms with Gasteiger partial charge in [-0.25, -0.2) is 4.79 Å². The van der Waals surface area contributed by atoms with Gasteiger partial charge in [-0.2, -0.15) is 0 Å². The minimum absolute atomic E-state index is 0.209. The SMILES string of the molecule is CC(C)c1ccc(NC(=O)C2(N)CCN(C(=O)Nc3ccc(Cl)cc3)CC2)cc1. The number of anilines is 2. The minimum atomic E-state index is -0.992. The molecule has 2 aromatic rings. The first kappa shape index (κ1) is 21.1. The van der Waals surface area contributed by atoms with Crippen LogP contribution in [0.15, 0.2) is 48.5 Å². The van der Waals surface area contributed by atoms with Gasteiger partial charge >= 0.3 is 6.03 Å². The highest BCUT2D eigenvalue weighted by molar-refractivity contribution is 6.30. The van der Waals surface area contributed by atoms with Crippen molar-refractivity contribution in [2.75, 3.05) is 23.7 Å². The van der Waals surface area contributed by atoms with Gasteiger partial charge in [-0.15, -0.1) is 0 Å². The molecule has 0 atom stereocenters. The summed E-state index contributed by atoms with van der Waals surface area (Å²) in [6.07, 6.45) is 0.800. The number of benzene rings is 2. The standard InChI is InChI=1S/C22H27ClN4O2/c1-15(2)16-3-7-18(8-4-16)25-20(28)22(24)11-13-27(14-12-22)21(29)26-19-9-5-17(23)6-10-19/h3-10,15H,11-14,24H2,1-2H3,(H,25,28)(H,26,29). The Morgan fingerprint density at radius 3 is 2.03 bits per heavy atom. The molecule has 3 amide bonds. The molecule has 0 unspecified atom stereocenters. The monoisotopic (exact) mass is 414 g/mol. The quantitative estimate of drug-likeness (QED) is 0.691. The molecule has 2 aromatic carbocycles. The molecule has 7 heteroatoms. The number of rotatable bonds is 4. The molecule has 1 fully saturated rings. The molecule has 29 heavy (non-hydrogen) atoms. The summed E-state index contributed by atoms with van der Waals surface area (Å²) in [5.74, 6) is 0.219. The maximum Gasteiger partial charge on any atom is 0.321 e. The van der Waals surface area contributed by atoms with Gasteiger partial charge in [0.05, 0.1) is 5.54 Å². The summed E-state index contributed by atoms with van der Waals surface area (Å²) in [5, 5.41) is 6.36. The van der Waals surface area contributed by atoms with Crippen molar-refractivity contribution in [1.29, 1.82) is 0 Å². The lowest BCUT2D eigenvalue weighted by Gasteiger charge is -2.37. The Bertz CT molecular complexity index is 857. The van der Waals surface area contributed by atoms with Gasteiger partial charge in [0.2, 0.25) is 5.91 Å². The molecule has 0 bridgehead atoms. The van der Waals surface area contributed by atoms with Gasteiger partial charge in [-0.1, -0.05) is 37.6 Å². The number of amides is 3. The molecule has 4 N–H and O–H groups in total. The second-order valence-corrected chi connectivity index (χ2v) is 8.25. The number of halogens is 1. The van der Waals surface area contributed by atoms with Crippen LogP contribution >= 0.6 is 11.6 Å². The molecule has 1 heterocycles. The van der Waals surface area contributed by atoms with E-state index in [0.717, 1.165) is 5.69 Å². The lowest BCUT2D eigenvalue weighted by molar-refractivity contribution is -0.122. The van der Waals surface area contributed by atoms with E-state index in [2.05, 4.69) is 24.5 Å². The maximum atomic E-state index is 12.7. The number of carbonyl (C=O) groups excluding carboxylic acids is 2. The summed E-state index contributed by atoms with van der Waals surface area (Å²) in [6, 6.07) is 14.5. The summed E-state index contributed by atoms with van der Waals surface area (Å²) >= 11 is 5.86. The Kier molecular flexibility index (Phi) is 6.45. The molecule has 0 aliphatic carbocycles. The maximum absolute atomic E-state index is 12.7. The number of piperidine rings is 1. The predicted molar refractivity (Wildman–Crippen MR) is 117 cm³/mol. The van der Waals surface area contributed by atoms with Gasteiger partial charge in [0.1, 0.15) is 0 Å². The zero-order valence-electron chi connectivity index (χ0n) is 16.7. The van der Waals surface area contributed by atoms with Gasteiger partial charge in [0.15, 0.2) is 0 Å². The van der Waals surface area contributed by atoms with Crippen molar-refractivity contribution in [3.63, 3.8) is 0 Å². The van der Waals surface area contributed by atoms with Crippen LogP contribution in [0.4, 0.5) is 16.2 Å². The smallest absolute Gasteiger partial charge is 0.321 e. The Hall–Kier alpha value is -2.57. The fourth-order valence-electron chi connectivity index (χ4n) is 3.28. The summed E-state index contributed by atoms with van der Waals surface area (Å²) in [4.78, 5) is 26.9. The fraction of sp³-hybridized carbons (Fsp3) is 0.364. The first-order valence-corrected chi connectivity index (χ1v) is 10.2. The molecule has 0 radical (unpaired) electrons. The summed E-state index contributed by atoms with van der Waals surface area (Å²) in [7, 11) is 0. The van der Waals surface area contributed by atoms with Crippen LogP contribution in [0, 0.1) is 0 Å². The van der Waals surface area contributed by atoms with E-state index in [-0.39, 0.29) is 11.9 Å². The van der Waals surface area contributed by atoms with E-state index < -0.39 is 5.54 Å². The number of likely N-dealkylation sites (tertiary alicyclic amines) is 1. The summed E-state index contributed by atoms with van der Waals surface area (Å²) in [6.45, 7) is 5.07. The van der Waals surface area contributed by atoms with Gasteiger partial charge < -0.3 is 21.3 Å². The third kappa shape index (κ3) is 5.28. The lowest BCUT2D eigenvalue weighted by Crippen LogP contribution is -2.58. The zero-order chi connectivity index (χ0) is 21.0. The van der Waals surface area contributed by atoms with Crippen molar-refractivity contribution in [3.8, 4) is 0 Å². The normalized spacial score (nSPS) is 15.8. The number of urea groups is 1. The highest BCUT2D eigenvalue weighted by Gasteiger charge is 2.38. The van der Waals surface area contributed by atoms with Crippen LogP contribution in [0.2, 0.25) is 5.02 Å². The predicted octanol–water partition coefficient (Wildman–Crippen LogP) is 4.43. The topological polar surface area (TPSA) is 87.5 Å². The number of carbonyl (C=O) groups is 2. The average molecular weight is 415 g/mol. The van der Waals surface area contributed by atoms with E-state index in [1.165, 1.54) is 5.56 Å². The molecular formula is C22H27ClN4O2. The Labute approximate surface area is 176 Å². The zero-order valence-corrected chi connectivity index (χ0v) is 17.5. The van der Waals surface area contributed by atoms with Crippen molar-refractivity contribution >= 4 is 34.9 Å². The first-order chi connectivity index (χ1) is 13.8. The van der Waals surface area contributed by atoms with Crippen molar-refractivity contribution in [2.24, 2.45) is 5.73 Å². The third-order valence-corrected chi connectivity index (χ3v) is 5.58. The third-order valence-electron chi connectivity index (χ3n) is 5.33. The lowest BCUT2D eigenvalue weighted by atomic mass is 9.87. The first-order valence-electron chi connectivity index (χ1n) is 9.79. The van der Waals surface area contributed by atoms with Crippen LogP contribution in [0.3, 0.4) is 0 Å². The van der Waals surface area contributed by atoms with E-state index in [0.29, 0.717) is 42.6 Å². The van der Waals surface area contributed by atoms with E-state index in [1.807, 2.05) is 24.3 Å². The van der Waals surface area contributed by atoms with Gasteiger partial charge in [0.25, 0.3) is 0 Å². The van der Waals surface area contributed by atoms with E-state index >= 15 is 0 Å². The molecule has 1 saturated heterocycles. The van der Waals surface area contributed by atoms with Crippen LogP contribution < -0.4 is 16.4 Å². The van der Waals surface area contributed by atoms with Crippen LogP contribution in [0.5, 0.6) is 0 Å². The number of nitrogens with zero attached hydrogens (tertiary/aromatic N) is 1. The number of hydrogen-bond acceptors (Lipinski definition) is 3. The second-order valence-electron chi connectivity index (χ2n) is 7.81. The van der Waals surface area contributed by atoms with Crippen molar-refractivity contribution in [1.82, 2.24) is 4.90 Å². The van der Waals surface area contributed by atoms with E-state index in [1.54, 1.807) is 29.2 Å². The van der Waals surface area contributed by atoms with E-state index in [9.17, 15) is 9.59 Å². The molecule has 0 aromatic heterocycles. The van der Waals surface area contributed by atoms with Crippen molar-refractivity contribution < 1.29 is 9.59 Å². The molecule has 0 saturated carbocycles. The Balaban J connectivity index is 1.54. The molecule has 1 aliphatic heterocycles. The number of hydrogen-bond donors (Lipinski definition) is 3. The number of nitrogens with one attached hydrogen (secondary N) is 2. The molecule has 154 valence electrons. The van der Waals surface area contributed by atoms with Crippen molar-refractivity contribution in [2.45, 2.75) is 38.1 Å². The molecule has 6 nitrogen and oxygen atoms in total. The minimum Gasteiger partial charge on any atom is -0.324 e. The highest BCUT2D eigenvalue weighted by Crippen LogP contribution is 2.24. The van der Waals surface area contributed by atoms with Gasteiger partial charge in [-0.05, 0) is 60.7 Å². The average Bonchev–Trinajstić information content (AvgIpc) is 2.70. The highest BCUT2D eigenvalue weighted by atomic mass is 35.5. The van der Waals surface area contributed by atoms with Crippen LogP contribution in [-0.2, 0) is 4.79 Å². The molecular weight excluding hydrogens is 388 g/mol. The van der Waals surface area contributed by atoms with Gasteiger partial charge in [-0.3, -0.25) is 4.79 Å². The molecule has 0 spiro atoms.